The summed E-state index contributed by atoms with van der Waals surface area (Å²) in [7, 11) is 0. The second-order valence-electron chi connectivity index (χ2n) is 8.65. The molecule has 0 aromatic rings. The second-order valence-corrected chi connectivity index (χ2v) is 8.65. The monoisotopic (exact) mass is 382 g/mol. The van der Waals surface area contributed by atoms with Crippen LogP contribution in [0.2, 0.25) is 0 Å². The lowest BCUT2D eigenvalue weighted by atomic mass is 9.94. The molecule has 2 aliphatic carbocycles. The zero-order valence-electron chi connectivity index (χ0n) is 16.0. The minimum Gasteiger partial charge on any atom is -0.463 e. The Kier molecular flexibility index (Phi) is 4.71. The first-order valence-corrected chi connectivity index (χ1v) is 10.6. The van der Waals surface area contributed by atoms with E-state index in [4.69, 9.17) is 28.4 Å². The molecule has 0 radical (unpaired) electrons. The molecule has 0 amide bonds. The van der Waals surface area contributed by atoms with Gasteiger partial charge in [-0.1, -0.05) is 12.8 Å². The van der Waals surface area contributed by atoms with E-state index in [1.165, 1.54) is 19.8 Å². The van der Waals surface area contributed by atoms with E-state index in [2.05, 4.69) is 0 Å². The van der Waals surface area contributed by atoms with Crippen molar-refractivity contribution >= 4 is 5.97 Å². The van der Waals surface area contributed by atoms with E-state index < -0.39 is 24.0 Å². The average Bonchev–Trinajstić information content (AvgIpc) is 3.19. The van der Waals surface area contributed by atoms with Crippen LogP contribution in [0.3, 0.4) is 0 Å². The quantitative estimate of drug-likeness (QED) is 0.680. The number of ether oxygens (including phenoxy) is 6. The fraction of sp³-hybridized carbons (Fsp3) is 0.950. The molecule has 0 bridgehead atoms. The molecule has 0 aromatic carbocycles. The van der Waals surface area contributed by atoms with Crippen LogP contribution in [0.25, 0.3) is 0 Å². The first-order chi connectivity index (χ1) is 13.1. The summed E-state index contributed by atoms with van der Waals surface area (Å²) in [6.45, 7) is 1.56. The first kappa shape index (κ1) is 18.3. The van der Waals surface area contributed by atoms with Crippen molar-refractivity contribution in [2.45, 2.75) is 113 Å². The molecule has 0 N–H and O–H groups in total. The molecule has 27 heavy (non-hydrogen) atoms. The van der Waals surface area contributed by atoms with Crippen molar-refractivity contribution in [1.82, 2.24) is 0 Å². The van der Waals surface area contributed by atoms with Gasteiger partial charge in [-0.2, -0.15) is 0 Å². The Morgan fingerprint density at radius 2 is 1.37 bits per heavy atom. The summed E-state index contributed by atoms with van der Waals surface area (Å²) in [5.41, 5.74) is 0. The summed E-state index contributed by atoms with van der Waals surface area (Å²) in [5.74, 6) is -1.43. The molecule has 5 fully saturated rings. The molecule has 0 unspecified atom stereocenters. The molecule has 3 aliphatic heterocycles. The fourth-order valence-corrected chi connectivity index (χ4v) is 5.37. The zero-order chi connectivity index (χ0) is 18.5. The number of carbonyl (C=O) groups excluding carboxylic acids is 1. The van der Waals surface area contributed by atoms with Gasteiger partial charge in [-0.05, 0) is 25.7 Å². The molecule has 5 atom stereocenters. The molecule has 0 aromatic heterocycles. The normalized spacial score (nSPS) is 42.0. The molecule has 152 valence electrons. The standard InChI is InChI=1S/C20H30O7/c1-13(21)22-12-14-15-16(25-19(24-15)8-4-2-5-9-19)17-18(23-14)27-20(26-17)10-6-3-7-11-20/h14-18H,2-12H2,1H3/t14-,15+,16+,17-,18+/m1/s1. The van der Waals surface area contributed by atoms with E-state index in [9.17, 15) is 4.79 Å². The minimum atomic E-state index is -0.555. The molecule has 5 rings (SSSR count). The topological polar surface area (TPSA) is 72.5 Å². The summed E-state index contributed by atoms with van der Waals surface area (Å²) < 4.78 is 37.2. The Labute approximate surface area is 159 Å². The average molecular weight is 382 g/mol. The third-order valence-electron chi connectivity index (χ3n) is 6.66. The Hall–Kier alpha value is -0.730. The number of hydrogen-bond acceptors (Lipinski definition) is 7. The maximum Gasteiger partial charge on any atom is 0.302 e. The van der Waals surface area contributed by atoms with Gasteiger partial charge in [0.05, 0.1) is 0 Å². The molecule has 3 saturated heterocycles. The summed E-state index contributed by atoms with van der Waals surface area (Å²) in [6, 6.07) is 0. The van der Waals surface area contributed by atoms with Crippen molar-refractivity contribution in [3.05, 3.63) is 0 Å². The first-order valence-electron chi connectivity index (χ1n) is 10.6. The van der Waals surface area contributed by atoms with Crippen LogP contribution in [0.5, 0.6) is 0 Å². The highest BCUT2D eigenvalue weighted by atomic mass is 16.9. The van der Waals surface area contributed by atoms with Crippen molar-refractivity contribution in [3.8, 4) is 0 Å². The summed E-state index contributed by atoms with van der Waals surface area (Å²) in [6.07, 6.45) is 8.68. The molecule has 5 aliphatic rings. The van der Waals surface area contributed by atoms with E-state index >= 15 is 0 Å². The largest absolute Gasteiger partial charge is 0.463 e. The number of carbonyl (C=O) groups is 1. The number of rotatable bonds is 2. The van der Waals surface area contributed by atoms with E-state index in [-0.39, 0.29) is 30.9 Å². The van der Waals surface area contributed by atoms with Crippen LogP contribution in [0.4, 0.5) is 0 Å². The van der Waals surface area contributed by atoms with E-state index in [0.29, 0.717) is 0 Å². The lowest BCUT2D eigenvalue weighted by Gasteiger charge is -2.36. The highest BCUT2D eigenvalue weighted by Gasteiger charge is 2.64. The Bertz CT molecular complexity index is 567. The zero-order valence-corrected chi connectivity index (χ0v) is 16.0. The highest BCUT2D eigenvalue weighted by molar-refractivity contribution is 5.65. The van der Waals surface area contributed by atoms with Gasteiger partial charge < -0.3 is 28.4 Å². The van der Waals surface area contributed by atoms with Crippen LogP contribution in [0.1, 0.15) is 71.1 Å². The van der Waals surface area contributed by atoms with E-state index in [0.717, 1.165) is 51.4 Å². The molecule has 7 nitrogen and oxygen atoms in total. The predicted octanol–water partition coefficient (Wildman–Crippen LogP) is 2.79. The van der Waals surface area contributed by atoms with E-state index in [1.807, 2.05) is 0 Å². The van der Waals surface area contributed by atoms with Gasteiger partial charge in [0, 0.05) is 32.6 Å². The van der Waals surface area contributed by atoms with Crippen molar-refractivity contribution in [2.24, 2.45) is 0 Å². The van der Waals surface area contributed by atoms with Gasteiger partial charge in [0.2, 0.25) is 0 Å². The van der Waals surface area contributed by atoms with Crippen LogP contribution in [0, 0.1) is 0 Å². The maximum absolute atomic E-state index is 11.3. The second kappa shape index (κ2) is 6.95. The van der Waals surface area contributed by atoms with Crippen LogP contribution in [-0.2, 0) is 33.2 Å². The van der Waals surface area contributed by atoms with Crippen molar-refractivity contribution < 1.29 is 33.2 Å². The molecule has 3 heterocycles. The summed E-state index contributed by atoms with van der Waals surface area (Å²) in [5, 5.41) is 0. The summed E-state index contributed by atoms with van der Waals surface area (Å²) in [4.78, 5) is 11.3. The fourth-order valence-electron chi connectivity index (χ4n) is 5.37. The van der Waals surface area contributed by atoms with Gasteiger partial charge in [0.15, 0.2) is 17.9 Å². The Morgan fingerprint density at radius 1 is 0.815 bits per heavy atom. The lowest BCUT2D eigenvalue weighted by molar-refractivity contribution is -0.255. The van der Waals surface area contributed by atoms with Gasteiger partial charge in [0.25, 0.3) is 0 Å². The van der Waals surface area contributed by atoms with Gasteiger partial charge >= 0.3 is 5.97 Å². The SMILES string of the molecule is CC(=O)OC[C@H]1O[C@H]2OC3(CCCCC3)O[C@@H]2[C@H]2OC3(CCCCC3)O[C@H]21. The summed E-state index contributed by atoms with van der Waals surface area (Å²) >= 11 is 0. The number of fused-ring (bicyclic) bond motifs is 3. The third-order valence-corrected chi connectivity index (χ3v) is 6.66. The number of esters is 1. The predicted molar refractivity (Wildman–Crippen MR) is 92.6 cm³/mol. The lowest BCUT2D eigenvalue weighted by Crippen LogP contribution is -2.56. The molecule has 7 heteroatoms. The van der Waals surface area contributed by atoms with Crippen molar-refractivity contribution in [2.75, 3.05) is 6.61 Å². The number of hydrogen-bond donors (Lipinski definition) is 0. The minimum absolute atomic E-state index is 0.148. The maximum atomic E-state index is 11.3. The van der Waals surface area contributed by atoms with Gasteiger partial charge in [-0.15, -0.1) is 0 Å². The molecule has 2 spiro atoms. The Morgan fingerprint density at radius 3 is 2.00 bits per heavy atom. The third kappa shape index (κ3) is 3.31. The molecular formula is C20H30O7. The van der Waals surface area contributed by atoms with Crippen LogP contribution in [-0.4, -0.2) is 54.9 Å². The van der Waals surface area contributed by atoms with Gasteiger partial charge in [0.1, 0.15) is 31.0 Å². The van der Waals surface area contributed by atoms with Gasteiger partial charge in [-0.25, -0.2) is 0 Å². The van der Waals surface area contributed by atoms with Crippen LogP contribution in [0.15, 0.2) is 0 Å². The van der Waals surface area contributed by atoms with Crippen molar-refractivity contribution in [3.63, 3.8) is 0 Å². The molecular weight excluding hydrogens is 352 g/mol. The highest BCUT2D eigenvalue weighted by Crippen LogP contribution is 2.50. The molecule has 2 saturated carbocycles. The van der Waals surface area contributed by atoms with E-state index in [1.54, 1.807) is 0 Å². The smallest absolute Gasteiger partial charge is 0.302 e. The van der Waals surface area contributed by atoms with Crippen LogP contribution < -0.4 is 0 Å². The van der Waals surface area contributed by atoms with Gasteiger partial charge in [-0.3, -0.25) is 4.79 Å². The Balaban J connectivity index is 1.38. The van der Waals surface area contributed by atoms with Crippen molar-refractivity contribution in [1.29, 1.82) is 0 Å². The van der Waals surface area contributed by atoms with Crippen LogP contribution >= 0.6 is 0 Å².